The minimum Gasteiger partial charge on any atom is -0.444 e. The fraction of sp³-hybridized carbons (Fsp3) is 0.414. The first-order chi connectivity index (χ1) is 18.6. The van der Waals surface area contributed by atoms with E-state index in [4.69, 9.17) is 9.84 Å². The monoisotopic (exact) mass is 529 g/mol. The van der Waals surface area contributed by atoms with Gasteiger partial charge in [0.05, 0.1) is 36.4 Å². The molecule has 2 aliphatic rings. The highest BCUT2D eigenvalue weighted by Crippen LogP contribution is 2.34. The Morgan fingerprint density at radius 3 is 2.62 bits per heavy atom. The van der Waals surface area contributed by atoms with Crippen molar-refractivity contribution in [3.05, 3.63) is 76.9 Å². The minimum absolute atomic E-state index is 0.262. The van der Waals surface area contributed by atoms with Crippen LogP contribution in [0.15, 0.2) is 42.9 Å². The van der Waals surface area contributed by atoms with Crippen LogP contribution in [0.25, 0.3) is 17.1 Å². The van der Waals surface area contributed by atoms with Gasteiger partial charge in [-0.1, -0.05) is 0 Å². The lowest BCUT2D eigenvalue weighted by atomic mass is 10.0. The molecule has 3 aromatic heterocycles. The van der Waals surface area contributed by atoms with Crippen LogP contribution in [0.1, 0.15) is 61.8 Å². The molecule has 4 heterocycles. The van der Waals surface area contributed by atoms with Crippen molar-refractivity contribution < 1.29 is 13.9 Å². The van der Waals surface area contributed by atoms with Crippen molar-refractivity contribution in [1.29, 1.82) is 0 Å². The van der Waals surface area contributed by atoms with Crippen LogP contribution in [0.4, 0.5) is 9.18 Å². The summed E-state index contributed by atoms with van der Waals surface area (Å²) in [4.78, 5) is 23.3. The zero-order chi connectivity index (χ0) is 27.3. The number of hydrogen-bond acceptors (Lipinski definition) is 6. The van der Waals surface area contributed by atoms with Crippen LogP contribution in [-0.4, -0.2) is 46.1 Å². The normalized spacial score (nSPS) is 15.1. The fourth-order valence-corrected chi connectivity index (χ4v) is 4.96. The minimum atomic E-state index is -0.555. The Balaban J connectivity index is 1.27. The third kappa shape index (κ3) is 5.28. The Morgan fingerprint density at radius 1 is 1.13 bits per heavy atom. The molecule has 0 atom stereocenters. The summed E-state index contributed by atoms with van der Waals surface area (Å²) in [6, 6.07) is 8.43. The Hall–Kier alpha value is -4.08. The zero-order valence-electron chi connectivity index (χ0n) is 22.7. The first kappa shape index (κ1) is 25.2. The number of fused-ring (bicyclic) bond motifs is 1. The first-order valence-electron chi connectivity index (χ1n) is 13.3. The van der Waals surface area contributed by atoms with Gasteiger partial charge in [0.1, 0.15) is 17.7 Å². The van der Waals surface area contributed by atoms with Crippen molar-refractivity contribution in [1.82, 2.24) is 34.4 Å². The standard InChI is InChI=1S/C29H32FN7O2/c1-18-24(36(14-19-5-6-19)34-27(18)20-7-9-22(30)10-8-20)11-23-12-26(32-17-31-23)37-25-16-35(15-21(25)13-33-37)28(38)39-29(2,3)4/h7-10,12-13,17,19H,5-6,11,14-16H2,1-4H3. The van der Waals surface area contributed by atoms with Crippen LogP contribution >= 0.6 is 0 Å². The predicted molar refractivity (Wildman–Crippen MR) is 143 cm³/mol. The van der Waals surface area contributed by atoms with E-state index in [0.717, 1.165) is 46.0 Å². The van der Waals surface area contributed by atoms with Gasteiger partial charge in [-0.25, -0.2) is 23.8 Å². The average Bonchev–Trinajstić information content (AvgIpc) is 3.33. The van der Waals surface area contributed by atoms with E-state index in [1.807, 2.05) is 26.8 Å². The van der Waals surface area contributed by atoms with Crippen molar-refractivity contribution in [2.75, 3.05) is 0 Å². The van der Waals surface area contributed by atoms with Gasteiger partial charge in [0.25, 0.3) is 0 Å². The number of amides is 1. The van der Waals surface area contributed by atoms with E-state index >= 15 is 0 Å². The molecular weight excluding hydrogens is 497 g/mol. The van der Waals surface area contributed by atoms with E-state index in [-0.39, 0.29) is 11.9 Å². The molecule has 0 bridgehead atoms. The van der Waals surface area contributed by atoms with E-state index in [1.54, 1.807) is 34.2 Å². The fourth-order valence-electron chi connectivity index (χ4n) is 4.96. The van der Waals surface area contributed by atoms with E-state index < -0.39 is 5.60 Å². The van der Waals surface area contributed by atoms with Crippen LogP contribution < -0.4 is 0 Å². The van der Waals surface area contributed by atoms with Crippen molar-refractivity contribution in [3.8, 4) is 17.1 Å². The quantitative estimate of drug-likeness (QED) is 0.340. The number of carbonyl (C=O) groups excluding carboxylic acids is 1. The molecule has 39 heavy (non-hydrogen) atoms. The molecule has 0 spiro atoms. The number of halogens is 1. The van der Waals surface area contributed by atoms with Crippen molar-refractivity contribution in [3.63, 3.8) is 0 Å². The summed E-state index contributed by atoms with van der Waals surface area (Å²) in [5, 5.41) is 9.50. The maximum Gasteiger partial charge on any atom is 0.410 e. The summed E-state index contributed by atoms with van der Waals surface area (Å²) >= 11 is 0. The number of hydrogen-bond donors (Lipinski definition) is 0. The summed E-state index contributed by atoms with van der Waals surface area (Å²) in [5.74, 6) is 1.03. The van der Waals surface area contributed by atoms with Crippen molar-refractivity contribution in [2.45, 2.75) is 72.2 Å². The van der Waals surface area contributed by atoms with Crippen LogP contribution in [0.5, 0.6) is 0 Å². The maximum atomic E-state index is 13.5. The predicted octanol–water partition coefficient (Wildman–Crippen LogP) is 5.22. The Kier molecular flexibility index (Phi) is 6.20. The molecule has 0 saturated heterocycles. The van der Waals surface area contributed by atoms with Gasteiger partial charge in [0.2, 0.25) is 0 Å². The third-order valence-corrected chi connectivity index (χ3v) is 7.15. The highest BCUT2D eigenvalue weighted by atomic mass is 19.1. The molecule has 4 aromatic rings. The lowest BCUT2D eigenvalue weighted by molar-refractivity contribution is 0.0239. The second-order valence-electron chi connectivity index (χ2n) is 11.5. The van der Waals surface area contributed by atoms with Gasteiger partial charge in [0.15, 0.2) is 5.82 Å². The van der Waals surface area contributed by atoms with Crippen LogP contribution in [-0.2, 0) is 30.8 Å². The molecule has 0 N–H and O–H groups in total. The lowest BCUT2D eigenvalue weighted by Crippen LogP contribution is -2.33. The second-order valence-corrected chi connectivity index (χ2v) is 11.5. The zero-order valence-corrected chi connectivity index (χ0v) is 22.7. The first-order valence-corrected chi connectivity index (χ1v) is 13.3. The summed E-state index contributed by atoms with van der Waals surface area (Å²) in [6.45, 7) is 9.37. The molecule has 10 heteroatoms. The van der Waals surface area contributed by atoms with E-state index in [9.17, 15) is 9.18 Å². The number of aromatic nitrogens is 6. The van der Waals surface area contributed by atoms with E-state index in [2.05, 4.69) is 26.7 Å². The Morgan fingerprint density at radius 2 is 1.90 bits per heavy atom. The molecule has 1 fully saturated rings. The van der Waals surface area contributed by atoms with Gasteiger partial charge in [-0.05, 0) is 76.3 Å². The van der Waals surface area contributed by atoms with Gasteiger partial charge < -0.3 is 4.74 Å². The molecule has 0 unspecified atom stereocenters. The molecule has 1 amide bonds. The van der Waals surface area contributed by atoms with E-state index in [1.165, 1.54) is 25.0 Å². The number of nitrogens with zero attached hydrogens (tertiary/aromatic N) is 7. The lowest BCUT2D eigenvalue weighted by Gasteiger charge is -2.24. The van der Waals surface area contributed by atoms with Gasteiger partial charge in [-0.3, -0.25) is 9.58 Å². The highest BCUT2D eigenvalue weighted by Gasteiger charge is 2.31. The second kappa shape index (κ2) is 9.59. The number of benzene rings is 1. The Bertz CT molecular complexity index is 1530. The average molecular weight is 530 g/mol. The molecule has 6 rings (SSSR count). The van der Waals surface area contributed by atoms with Crippen LogP contribution in [0.2, 0.25) is 0 Å². The van der Waals surface area contributed by atoms with Crippen molar-refractivity contribution in [2.24, 2.45) is 5.92 Å². The smallest absolute Gasteiger partial charge is 0.410 e. The molecule has 1 aliphatic carbocycles. The van der Waals surface area contributed by atoms with Gasteiger partial charge in [-0.15, -0.1) is 0 Å². The molecular formula is C29H32FN7O2. The number of rotatable bonds is 6. The summed E-state index contributed by atoms with van der Waals surface area (Å²) < 4.78 is 23.0. The topological polar surface area (TPSA) is 91.0 Å². The van der Waals surface area contributed by atoms with Crippen molar-refractivity contribution >= 4 is 6.09 Å². The molecule has 1 saturated carbocycles. The molecule has 1 aromatic carbocycles. The SMILES string of the molecule is Cc1c(-c2ccc(F)cc2)nn(CC2CC2)c1Cc1cc(-n2ncc3c2CN(C(=O)OC(C)(C)C)C3)ncn1. The molecule has 202 valence electrons. The largest absolute Gasteiger partial charge is 0.444 e. The van der Waals surface area contributed by atoms with Crippen LogP contribution in [0.3, 0.4) is 0 Å². The Labute approximate surface area is 226 Å². The highest BCUT2D eigenvalue weighted by molar-refractivity contribution is 5.69. The van der Waals surface area contributed by atoms with Gasteiger partial charge in [0, 0.05) is 35.9 Å². The summed E-state index contributed by atoms with van der Waals surface area (Å²) in [7, 11) is 0. The number of ether oxygens (including phenoxy) is 1. The summed E-state index contributed by atoms with van der Waals surface area (Å²) in [6.07, 6.45) is 6.00. The molecule has 1 aliphatic heterocycles. The molecule has 9 nitrogen and oxygen atoms in total. The van der Waals surface area contributed by atoms with E-state index in [0.29, 0.717) is 31.2 Å². The van der Waals surface area contributed by atoms with Gasteiger partial charge in [-0.2, -0.15) is 10.2 Å². The number of carbonyl (C=O) groups is 1. The third-order valence-electron chi connectivity index (χ3n) is 7.15. The maximum absolute atomic E-state index is 13.5. The molecule has 0 radical (unpaired) electrons. The summed E-state index contributed by atoms with van der Waals surface area (Å²) in [5.41, 5.74) is 6.10. The van der Waals surface area contributed by atoms with Gasteiger partial charge >= 0.3 is 6.09 Å². The van der Waals surface area contributed by atoms with Crippen LogP contribution in [0, 0.1) is 18.7 Å².